The van der Waals surface area contributed by atoms with Crippen LogP contribution in [-0.2, 0) is 17.5 Å². The van der Waals surface area contributed by atoms with Gasteiger partial charge in [0, 0.05) is 18.7 Å². The number of anilines is 1. The van der Waals surface area contributed by atoms with Crippen molar-refractivity contribution in [2.24, 2.45) is 0 Å². The molecule has 2 N–H and O–H groups in total. The van der Waals surface area contributed by atoms with Crippen molar-refractivity contribution < 1.29 is 18.0 Å². The molecule has 1 aromatic heterocycles. The van der Waals surface area contributed by atoms with Gasteiger partial charge in [-0.3, -0.25) is 14.2 Å². The monoisotopic (exact) mass is 377 g/mol. The minimum Gasteiger partial charge on any atom is -0.326 e. The van der Waals surface area contributed by atoms with Crippen molar-refractivity contribution in [3.05, 3.63) is 74.9 Å². The molecule has 0 unspecified atom stereocenters. The summed E-state index contributed by atoms with van der Waals surface area (Å²) in [6.07, 6.45) is -4.65. The number of nitrogens with one attached hydrogen (secondary N) is 2. The van der Waals surface area contributed by atoms with Crippen LogP contribution in [-0.4, -0.2) is 15.5 Å². The largest absolute Gasteiger partial charge is 0.416 e. The lowest BCUT2D eigenvalue weighted by Crippen LogP contribution is -2.36. The number of nitrogens with zero attached hydrogens (tertiary/aromatic N) is 1. The van der Waals surface area contributed by atoms with Crippen LogP contribution in [0.4, 0.5) is 18.9 Å². The topological polar surface area (TPSA) is 84.0 Å². The Morgan fingerprint density at radius 2 is 1.70 bits per heavy atom. The Morgan fingerprint density at radius 3 is 2.37 bits per heavy atom. The minimum absolute atomic E-state index is 0.161. The van der Waals surface area contributed by atoms with Gasteiger partial charge in [0.25, 0.3) is 5.56 Å². The summed E-state index contributed by atoms with van der Waals surface area (Å²) in [6.45, 7) is -0.161. The van der Waals surface area contributed by atoms with E-state index >= 15 is 0 Å². The summed E-state index contributed by atoms with van der Waals surface area (Å²) in [5.74, 6) is -0.533. The van der Waals surface area contributed by atoms with Crippen LogP contribution in [0.15, 0.2) is 58.1 Å². The lowest BCUT2D eigenvalue weighted by Gasteiger charge is -2.09. The van der Waals surface area contributed by atoms with Crippen LogP contribution in [0, 0.1) is 0 Å². The molecule has 3 aromatic rings. The molecule has 0 fully saturated rings. The van der Waals surface area contributed by atoms with Crippen LogP contribution in [0.2, 0.25) is 0 Å². The smallest absolute Gasteiger partial charge is 0.326 e. The normalized spacial score (nSPS) is 11.5. The van der Waals surface area contributed by atoms with Gasteiger partial charge in [-0.25, -0.2) is 4.79 Å². The van der Waals surface area contributed by atoms with Crippen molar-refractivity contribution in [2.45, 2.75) is 19.1 Å². The number of H-pyrrole nitrogens is 1. The number of halogens is 3. The van der Waals surface area contributed by atoms with Crippen LogP contribution in [0.1, 0.15) is 12.0 Å². The molecule has 0 saturated carbocycles. The zero-order valence-electron chi connectivity index (χ0n) is 13.8. The van der Waals surface area contributed by atoms with Crippen molar-refractivity contribution in [1.82, 2.24) is 9.55 Å². The number of aromatic amines is 1. The number of hydrogen-bond acceptors (Lipinski definition) is 3. The number of amides is 1. The molecule has 0 radical (unpaired) electrons. The first-order chi connectivity index (χ1) is 12.8. The highest BCUT2D eigenvalue weighted by Gasteiger charge is 2.29. The Kier molecular flexibility index (Phi) is 4.85. The molecule has 1 heterocycles. The zero-order chi connectivity index (χ0) is 19.6. The highest BCUT2D eigenvalue weighted by molar-refractivity contribution is 5.90. The minimum atomic E-state index is -4.46. The summed E-state index contributed by atoms with van der Waals surface area (Å²) in [5, 5.41) is 2.75. The maximum absolute atomic E-state index is 12.5. The van der Waals surface area contributed by atoms with Gasteiger partial charge in [0.15, 0.2) is 0 Å². The van der Waals surface area contributed by atoms with E-state index in [-0.39, 0.29) is 18.7 Å². The maximum atomic E-state index is 12.5. The van der Waals surface area contributed by atoms with E-state index in [1.54, 1.807) is 24.3 Å². The molecular formula is C18H14F3N3O3. The third-order valence-electron chi connectivity index (χ3n) is 3.95. The van der Waals surface area contributed by atoms with Crippen LogP contribution in [0.25, 0.3) is 10.9 Å². The van der Waals surface area contributed by atoms with Gasteiger partial charge in [0.1, 0.15) is 0 Å². The van der Waals surface area contributed by atoms with Gasteiger partial charge in [0.2, 0.25) is 5.91 Å². The predicted molar refractivity (Wildman–Crippen MR) is 93.5 cm³/mol. The molecule has 1 amide bonds. The summed E-state index contributed by atoms with van der Waals surface area (Å²) in [5.41, 5.74) is -1.39. The lowest BCUT2D eigenvalue weighted by atomic mass is 10.2. The molecule has 27 heavy (non-hydrogen) atoms. The molecule has 6 nitrogen and oxygen atoms in total. The molecule has 0 atom stereocenters. The van der Waals surface area contributed by atoms with E-state index in [9.17, 15) is 27.6 Å². The Balaban J connectivity index is 1.70. The molecule has 0 saturated heterocycles. The molecule has 2 aromatic carbocycles. The fraction of sp³-hybridized carbons (Fsp3) is 0.167. The number of para-hydroxylation sites is 1. The van der Waals surface area contributed by atoms with Crippen molar-refractivity contribution in [3.8, 4) is 0 Å². The molecule has 0 aliphatic heterocycles. The fourth-order valence-corrected chi connectivity index (χ4v) is 2.58. The van der Waals surface area contributed by atoms with Crippen molar-refractivity contribution >= 4 is 22.5 Å². The standard InChI is InChI=1S/C18H14F3N3O3/c19-18(20,21)11-5-7-12(8-6-11)22-15(25)9-10-24-16(26)13-3-1-2-4-14(13)23-17(24)27/h1-8H,9-10H2,(H,22,25)(H,23,27). The molecule has 0 aliphatic rings. The summed E-state index contributed by atoms with van der Waals surface area (Å²) >= 11 is 0. The number of carbonyl (C=O) groups is 1. The third-order valence-corrected chi connectivity index (χ3v) is 3.95. The predicted octanol–water partition coefficient (Wildman–Crippen LogP) is 2.74. The van der Waals surface area contributed by atoms with Crippen LogP contribution in [0.5, 0.6) is 0 Å². The lowest BCUT2D eigenvalue weighted by molar-refractivity contribution is -0.137. The summed E-state index contributed by atoms with van der Waals surface area (Å²) < 4.78 is 38.5. The summed E-state index contributed by atoms with van der Waals surface area (Å²) in [6, 6.07) is 10.5. The van der Waals surface area contributed by atoms with E-state index in [2.05, 4.69) is 10.3 Å². The van der Waals surface area contributed by atoms with Gasteiger partial charge in [-0.05, 0) is 36.4 Å². The van der Waals surface area contributed by atoms with Gasteiger partial charge in [0.05, 0.1) is 16.5 Å². The molecule has 0 bridgehead atoms. The van der Waals surface area contributed by atoms with Crippen molar-refractivity contribution in [1.29, 1.82) is 0 Å². The highest BCUT2D eigenvalue weighted by atomic mass is 19.4. The number of rotatable bonds is 4. The van der Waals surface area contributed by atoms with E-state index in [4.69, 9.17) is 0 Å². The molecular weight excluding hydrogens is 363 g/mol. The van der Waals surface area contributed by atoms with E-state index in [1.165, 1.54) is 0 Å². The summed E-state index contributed by atoms with van der Waals surface area (Å²) in [4.78, 5) is 38.9. The maximum Gasteiger partial charge on any atom is 0.416 e. The highest BCUT2D eigenvalue weighted by Crippen LogP contribution is 2.29. The molecule has 9 heteroatoms. The first-order valence-corrected chi connectivity index (χ1v) is 7.95. The second-order valence-corrected chi connectivity index (χ2v) is 5.81. The fourth-order valence-electron chi connectivity index (χ4n) is 2.58. The number of benzene rings is 2. The van der Waals surface area contributed by atoms with Crippen molar-refractivity contribution in [2.75, 3.05) is 5.32 Å². The second kappa shape index (κ2) is 7.10. The number of carbonyl (C=O) groups excluding carboxylic acids is 1. The number of alkyl halides is 3. The van der Waals surface area contributed by atoms with Gasteiger partial charge in [-0.1, -0.05) is 12.1 Å². The average molecular weight is 377 g/mol. The molecule has 140 valence electrons. The SMILES string of the molecule is O=C(CCn1c(=O)[nH]c2ccccc2c1=O)Nc1ccc(C(F)(F)F)cc1. The Labute approximate surface area is 150 Å². The Morgan fingerprint density at radius 1 is 1.04 bits per heavy atom. The molecule has 0 spiro atoms. The van der Waals surface area contributed by atoms with Crippen LogP contribution < -0.4 is 16.6 Å². The first-order valence-electron chi connectivity index (χ1n) is 7.95. The van der Waals surface area contributed by atoms with Crippen molar-refractivity contribution in [3.63, 3.8) is 0 Å². The average Bonchev–Trinajstić information content (AvgIpc) is 2.61. The van der Waals surface area contributed by atoms with Gasteiger partial charge in [-0.15, -0.1) is 0 Å². The van der Waals surface area contributed by atoms with Gasteiger partial charge >= 0.3 is 11.9 Å². The quantitative estimate of drug-likeness (QED) is 0.733. The number of hydrogen-bond donors (Lipinski definition) is 2. The van der Waals surface area contributed by atoms with Crippen LogP contribution in [0.3, 0.4) is 0 Å². The zero-order valence-corrected chi connectivity index (χ0v) is 13.8. The number of aromatic nitrogens is 2. The van der Waals surface area contributed by atoms with Crippen LogP contribution >= 0.6 is 0 Å². The Bertz CT molecular complexity index is 1100. The van der Waals surface area contributed by atoms with E-state index in [0.29, 0.717) is 10.9 Å². The number of fused-ring (bicyclic) bond motifs is 1. The van der Waals surface area contributed by atoms with Gasteiger partial charge in [-0.2, -0.15) is 13.2 Å². The second-order valence-electron chi connectivity index (χ2n) is 5.81. The van der Waals surface area contributed by atoms with E-state index < -0.39 is 28.9 Å². The summed E-state index contributed by atoms with van der Waals surface area (Å²) in [7, 11) is 0. The first kappa shape index (κ1) is 18.4. The molecule has 0 aliphatic carbocycles. The Hall–Kier alpha value is -3.36. The molecule has 3 rings (SSSR count). The van der Waals surface area contributed by atoms with E-state index in [1.807, 2.05) is 0 Å². The van der Waals surface area contributed by atoms with Gasteiger partial charge < -0.3 is 10.3 Å². The third kappa shape index (κ3) is 4.08. The van der Waals surface area contributed by atoms with E-state index in [0.717, 1.165) is 28.8 Å².